The molecule has 0 spiro atoms. The number of pyridine rings is 1. The molecule has 0 fully saturated rings. The number of hydrogen-bond acceptors (Lipinski definition) is 3. The lowest BCUT2D eigenvalue weighted by Gasteiger charge is -2.34. The Morgan fingerprint density at radius 1 is 1.10 bits per heavy atom. The third kappa shape index (κ3) is 3.10. The molecule has 2 aromatic heterocycles. The molecule has 4 aromatic rings. The summed E-state index contributed by atoms with van der Waals surface area (Å²) in [6.07, 6.45) is 0. The quantitative estimate of drug-likeness (QED) is 0.441. The maximum atomic E-state index is 14.1. The number of H-pyrrole nitrogens is 2. The third-order valence-electron chi connectivity index (χ3n) is 5.79. The number of amides is 1. The van der Waals surface area contributed by atoms with Crippen LogP contribution in [-0.4, -0.2) is 34.4 Å². The zero-order valence-corrected chi connectivity index (χ0v) is 17.1. The van der Waals surface area contributed by atoms with Crippen molar-refractivity contribution in [2.45, 2.75) is 12.6 Å². The number of fused-ring (bicyclic) bond motifs is 4. The van der Waals surface area contributed by atoms with Crippen molar-refractivity contribution in [1.29, 1.82) is 0 Å². The number of carbonyl (C=O) groups is 1. The molecule has 6 nitrogen and oxygen atoms in total. The van der Waals surface area contributed by atoms with E-state index in [0.29, 0.717) is 40.4 Å². The van der Waals surface area contributed by atoms with E-state index in [1.54, 1.807) is 25.2 Å². The fourth-order valence-electron chi connectivity index (χ4n) is 4.24. The van der Waals surface area contributed by atoms with Gasteiger partial charge in [-0.25, -0.2) is 8.78 Å². The van der Waals surface area contributed by atoms with Crippen LogP contribution in [0, 0.1) is 11.6 Å². The Hall–Kier alpha value is -3.23. The third-order valence-corrected chi connectivity index (χ3v) is 6.12. The van der Waals surface area contributed by atoms with Crippen LogP contribution in [0.25, 0.3) is 21.7 Å². The summed E-state index contributed by atoms with van der Waals surface area (Å²) < 4.78 is 27.8. The minimum Gasteiger partial charge on any atom is -0.350 e. The summed E-state index contributed by atoms with van der Waals surface area (Å²) in [6, 6.07) is 8.45. The fourth-order valence-corrected chi connectivity index (χ4v) is 4.47. The fraction of sp³-hybridized carbons (Fsp3) is 0.182. The number of carbonyl (C=O) groups excluding carboxylic acids is 1. The predicted octanol–water partition coefficient (Wildman–Crippen LogP) is 3.86. The first-order valence-electron chi connectivity index (χ1n) is 9.64. The highest BCUT2D eigenvalue weighted by Gasteiger charge is 2.31. The van der Waals surface area contributed by atoms with E-state index in [2.05, 4.69) is 15.3 Å². The zero-order chi connectivity index (χ0) is 21.9. The lowest BCUT2D eigenvalue weighted by molar-refractivity contribution is 0.0718. The number of aromatic nitrogens is 2. The van der Waals surface area contributed by atoms with Crippen molar-refractivity contribution in [2.24, 2.45) is 0 Å². The van der Waals surface area contributed by atoms with Crippen LogP contribution in [0.1, 0.15) is 27.8 Å². The highest BCUT2D eigenvalue weighted by molar-refractivity contribution is 6.35. The van der Waals surface area contributed by atoms with Gasteiger partial charge in [0.1, 0.15) is 5.69 Å². The van der Waals surface area contributed by atoms with Crippen molar-refractivity contribution < 1.29 is 13.6 Å². The lowest BCUT2D eigenvalue weighted by Crippen LogP contribution is -2.42. The molecule has 3 heterocycles. The van der Waals surface area contributed by atoms with Crippen molar-refractivity contribution in [3.05, 3.63) is 80.4 Å². The van der Waals surface area contributed by atoms with E-state index >= 15 is 0 Å². The number of benzene rings is 2. The predicted molar refractivity (Wildman–Crippen MR) is 114 cm³/mol. The van der Waals surface area contributed by atoms with E-state index in [1.807, 2.05) is 6.07 Å². The Labute approximate surface area is 179 Å². The van der Waals surface area contributed by atoms with E-state index in [-0.39, 0.29) is 11.3 Å². The highest BCUT2D eigenvalue weighted by atomic mass is 35.5. The first-order chi connectivity index (χ1) is 14.8. The number of rotatable bonds is 2. The molecule has 0 unspecified atom stereocenters. The smallest absolute Gasteiger partial charge is 0.270 e. The number of aromatic amines is 2. The van der Waals surface area contributed by atoms with Gasteiger partial charge in [0.05, 0.1) is 11.4 Å². The minimum absolute atomic E-state index is 0.0443. The van der Waals surface area contributed by atoms with E-state index in [4.69, 9.17) is 11.6 Å². The van der Waals surface area contributed by atoms with E-state index in [1.165, 1.54) is 4.90 Å². The Kier molecular flexibility index (Phi) is 4.56. The largest absolute Gasteiger partial charge is 0.350 e. The minimum atomic E-state index is -1.09. The molecule has 1 aliphatic heterocycles. The zero-order valence-electron chi connectivity index (χ0n) is 16.4. The second-order valence-electron chi connectivity index (χ2n) is 7.61. The molecule has 5 rings (SSSR count). The van der Waals surface area contributed by atoms with Gasteiger partial charge >= 0.3 is 0 Å². The Balaban J connectivity index is 1.62. The number of hydrogen-bond donors (Lipinski definition) is 3. The summed E-state index contributed by atoms with van der Waals surface area (Å²) in [6.45, 7) is 0.733. The second-order valence-corrected chi connectivity index (χ2v) is 8.01. The number of nitrogens with one attached hydrogen (secondary N) is 3. The van der Waals surface area contributed by atoms with Crippen LogP contribution >= 0.6 is 11.6 Å². The first kappa shape index (κ1) is 19.7. The Bertz CT molecular complexity index is 1430. The van der Waals surface area contributed by atoms with Crippen LogP contribution in [0.2, 0.25) is 5.02 Å². The SMILES string of the molecule is CN(C(=O)c1cc2c(Cl)cccc2[nH]1)[C@H]1CNCc2[nH]c(=O)c3cc(F)c(F)cc3c21. The average molecular weight is 443 g/mol. The van der Waals surface area contributed by atoms with Crippen LogP contribution in [0.4, 0.5) is 8.78 Å². The van der Waals surface area contributed by atoms with Gasteiger partial charge in [-0.2, -0.15) is 0 Å². The molecule has 0 radical (unpaired) electrons. The van der Waals surface area contributed by atoms with Crippen LogP contribution in [0.3, 0.4) is 0 Å². The second kappa shape index (κ2) is 7.18. The molecular formula is C22H17ClF2N4O2. The maximum absolute atomic E-state index is 14.1. The van der Waals surface area contributed by atoms with Gasteiger partial charge in [0.25, 0.3) is 11.5 Å². The average Bonchev–Trinajstić information content (AvgIpc) is 3.19. The van der Waals surface area contributed by atoms with E-state index < -0.39 is 23.2 Å². The molecule has 0 bridgehead atoms. The van der Waals surface area contributed by atoms with Gasteiger partial charge in [-0.05, 0) is 35.7 Å². The summed E-state index contributed by atoms with van der Waals surface area (Å²) in [5.74, 6) is -2.44. The molecule has 0 saturated heterocycles. The van der Waals surface area contributed by atoms with E-state index in [9.17, 15) is 18.4 Å². The van der Waals surface area contributed by atoms with Crippen LogP contribution in [0.5, 0.6) is 0 Å². The van der Waals surface area contributed by atoms with Gasteiger partial charge in [-0.15, -0.1) is 0 Å². The summed E-state index contributed by atoms with van der Waals surface area (Å²) in [7, 11) is 1.63. The molecule has 158 valence electrons. The molecule has 1 amide bonds. The number of nitrogens with zero attached hydrogens (tertiary/aromatic N) is 1. The van der Waals surface area contributed by atoms with Crippen LogP contribution in [-0.2, 0) is 6.54 Å². The Morgan fingerprint density at radius 3 is 2.58 bits per heavy atom. The van der Waals surface area contributed by atoms with E-state index in [0.717, 1.165) is 23.0 Å². The van der Waals surface area contributed by atoms with Crippen molar-refractivity contribution in [2.75, 3.05) is 13.6 Å². The molecule has 2 aromatic carbocycles. The lowest BCUT2D eigenvalue weighted by atomic mass is 9.93. The standard InChI is InChI=1S/C22H17ClF2N4O2/c1-29(22(31)17-7-12-13(23)3-2-4-16(12)27-17)19-9-26-8-18-20(19)10-5-14(24)15(25)6-11(10)21(30)28-18/h2-7,19,26-27H,8-9H2,1H3,(H,28,30)/t19-/m0/s1. The van der Waals surface area contributed by atoms with Gasteiger partial charge < -0.3 is 20.2 Å². The summed E-state index contributed by atoms with van der Waals surface area (Å²) in [4.78, 5) is 33.0. The van der Waals surface area contributed by atoms with Gasteiger partial charge in [-0.1, -0.05) is 17.7 Å². The van der Waals surface area contributed by atoms with Crippen LogP contribution < -0.4 is 10.9 Å². The van der Waals surface area contributed by atoms with Crippen LogP contribution in [0.15, 0.2) is 41.2 Å². The molecule has 1 atom stereocenters. The van der Waals surface area contributed by atoms with Crippen molar-refractivity contribution in [3.8, 4) is 0 Å². The molecule has 1 aliphatic rings. The summed E-state index contributed by atoms with van der Waals surface area (Å²) in [5.41, 5.74) is 1.72. The van der Waals surface area contributed by atoms with Gasteiger partial charge in [-0.3, -0.25) is 9.59 Å². The molecule has 9 heteroatoms. The molecule has 3 N–H and O–H groups in total. The number of likely N-dealkylation sites (N-methyl/N-ethyl adjacent to an activating group) is 1. The Morgan fingerprint density at radius 2 is 1.84 bits per heavy atom. The molecule has 0 aliphatic carbocycles. The monoisotopic (exact) mass is 442 g/mol. The molecule has 0 saturated carbocycles. The van der Waals surface area contributed by atoms with Crippen molar-refractivity contribution in [3.63, 3.8) is 0 Å². The maximum Gasteiger partial charge on any atom is 0.270 e. The highest BCUT2D eigenvalue weighted by Crippen LogP contribution is 2.33. The molecular weight excluding hydrogens is 426 g/mol. The topological polar surface area (TPSA) is 81.0 Å². The summed E-state index contributed by atoms with van der Waals surface area (Å²) in [5, 5.41) is 4.77. The van der Waals surface area contributed by atoms with Crippen molar-refractivity contribution in [1.82, 2.24) is 20.2 Å². The van der Waals surface area contributed by atoms with Crippen molar-refractivity contribution >= 4 is 39.2 Å². The normalized spacial score (nSPS) is 15.9. The van der Waals surface area contributed by atoms with Gasteiger partial charge in [0.2, 0.25) is 0 Å². The van der Waals surface area contributed by atoms with Gasteiger partial charge in [0, 0.05) is 47.3 Å². The number of halogens is 3. The van der Waals surface area contributed by atoms with Gasteiger partial charge in [0.15, 0.2) is 11.6 Å². The molecule has 31 heavy (non-hydrogen) atoms. The first-order valence-corrected chi connectivity index (χ1v) is 10.0. The summed E-state index contributed by atoms with van der Waals surface area (Å²) >= 11 is 6.22.